The molecular formula is C28H24ClF3N6O4S. The molecule has 0 aromatic carbocycles. The normalized spacial score (nSPS) is 16.2. The van der Waals surface area contributed by atoms with Crippen molar-refractivity contribution >= 4 is 39.9 Å². The summed E-state index contributed by atoms with van der Waals surface area (Å²) in [5.41, 5.74) is 1.30. The maximum Gasteiger partial charge on any atom is 0.433 e. The Morgan fingerprint density at radius 2 is 1.74 bits per heavy atom. The fourth-order valence-electron chi connectivity index (χ4n) is 4.92. The second-order valence-electron chi connectivity index (χ2n) is 9.62. The average molecular weight is 633 g/mol. The number of carbonyl (C=O) groups excluding carboxylic acids is 2. The molecule has 2 atom stereocenters. The summed E-state index contributed by atoms with van der Waals surface area (Å²) in [7, 11) is 2.64. The van der Waals surface area contributed by atoms with E-state index in [2.05, 4.69) is 25.3 Å². The van der Waals surface area contributed by atoms with Crippen LogP contribution in [0.5, 0.6) is 11.6 Å². The first-order valence-electron chi connectivity index (χ1n) is 12.8. The molecule has 1 aliphatic rings. The van der Waals surface area contributed by atoms with Gasteiger partial charge in [0.25, 0.3) is 11.8 Å². The van der Waals surface area contributed by atoms with Crippen molar-refractivity contribution in [2.45, 2.75) is 39.0 Å². The van der Waals surface area contributed by atoms with Crippen LogP contribution in [0.4, 0.5) is 18.3 Å². The molecule has 0 radical (unpaired) electrons. The first kappa shape index (κ1) is 30.2. The molecule has 224 valence electrons. The number of anilines is 1. The van der Waals surface area contributed by atoms with Gasteiger partial charge in [-0.3, -0.25) is 19.9 Å². The Balaban J connectivity index is 1.41. The van der Waals surface area contributed by atoms with Gasteiger partial charge in [-0.15, -0.1) is 0 Å². The van der Waals surface area contributed by atoms with Crippen LogP contribution in [0.15, 0.2) is 36.7 Å². The van der Waals surface area contributed by atoms with Gasteiger partial charge in [0.05, 0.1) is 48.6 Å². The number of carbonyl (C=O) groups is 2. The molecule has 15 heteroatoms. The van der Waals surface area contributed by atoms with Crippen LogP contribution in [0.25, 0.3) is 11.1 Å². The highest BCUT2D eigenvalue weighted by molar-refractivity contribution is 7.16. The van der Waals surface area contributed by atoms with Crippen LogP contribution in [-0.4, -0.2) is 50.9 Å². The van der Waals surface area contributed by atoms with E-state index < -0.39 is 41.6 Å². The van der Waals surface area contributed by atoms with Crippen LogP contribution in [0.1, 0.15) is 68.6 Å². The number of amides is 2. The van der Waals surface area contributed by atoms with Crippen molar-refractivity contribution in [3.63, 3.8) is 0 Å². The van der Waals surface area contributed by atoms with Gasteiger partial charge in [0, 0.05) is 23.0 Å². The van der Waals surface area contributed by atoms with Gasteiger partial charge < -0.3 is 14.4 Å². The van der Waals surface area contributed by atoms with Crippen LogP contribution < -0.4 is 14.8 Å². The van der Waals surface area contributed by atoms with Crippen LogP contribution in [0.2, 0.25) is 5.15 Å². The fraction of sp³-hybridized carbons (Fsp3) is 0.286. The number of pyridine rings is 3. The van der Waals surface area contributed by atoms with Gasteiger partial charge in [-0.1, -0.05) is 22.9 Å². The molecule has 0 spiro atoms. The zero-order chi connectivity index (χ0) is 31.2. The molecule has 5 rings (SSSR count). The summed E-state index contributed by atoms with van der Waals surface area (Å²) >= 11 is 7.33. The van der Waals surface area contributed by atoms with Crippen molar-refractivity contribution < 1.29 is 32.2 Å². The quantitative estimate of drug-likeness (QED) is 0.239. The van der Waals surface area contributed by atoms with E-state index in [0.717, 1.165) is 24.1 Å². The molecule has 2 unspecified atom stereocenters. The minimum Gasteiger partial charge on any atom is -0.494 e. The monoisotopic (exact) mass is 632 g/mol. The second-order valence-corrected chi connectivity index (χ2v) is 11.0. The van der Waals surface area contributed by atoms with Gasteiger partial charge in [0.1, 0.15) is 22.2 Å². The molecule has 4 aromatic heterocycles. The number of ether oxygens (including phenoxy) is 2. The lowest BCUT2D eigenvalue weighted by Crippen LogP contribution is -2.31. The Hall–Kier alpha value is -4.30. The van der Waals surface area contributed by atoms with Gasteiger partial charge in [-0.2, -0.15) is 13.2 Å². The fourth-order valence-corrected chi connectivity index (χ4v) is 6.17. The third-order valence-electron chi connectivity index (χ3n) is 6.95. The maximum absolute atomic E-state index is 13.5. The average Bonchev–Trinajstić information content (AvgIpc) is 3.48. The number of aromatic nitrogens is 4. The van der Waals surface area contributed by atoms with Crippen LogP contribution >= 0.6 is 22.9 Å². The standard InChI is InChI=1S/C28H24ClF3N6O4S/c1-12-8-16(17-9-21(29)34-11-19(17)41-4)18(10-33-12)24(39)37-27-36-22-13(2)38(14(3)23(22)43-27)26(40)15-6-7-20(28(30,31)32)35-25(15)42-5/h6-11,13-14H,1-5H3,(H,36,37,39). The molecule has 0 fully saturated rings. The summed E-state index contributed by atoms with van der Waals surface area (Å²) in [5.74, 6) is -1.04. The Kier molecular flexibility index (Phi) is 8.01. The third-order valence-corrected chi connectivity index (χ3v) is 8.31. The van der Waals surface area contributed by atoms with Crippen molar-refractivity contribution in [1.82, 2.24) is 24.8 Å². The Morgan fingerprint density at radius 3 is 2.40 bits per heavy atom. The number of hydrogen-bond donors (Lipinski definition) is 1. The zero-order valence-electron chi connectivity index (χ0n) is 23.4. The predicted octanol–water partition coefficient (Wildman–Crippen LogP) is 6.52. The molecule has 0 bridgehead atoms. The van der Waals surface area contributed by atoms with E-state index in [1.54, 1.807) is 32.9 Å². The zero-order valence-corrected chi connectivity index (χ0v) is 25.0. The Bertz CT molecular complexity index is 1720. The predicted molar refractivity (Wildman–Crippen MR) is 153 cm³/mol. The molecule has 1 aliphatic heterocycles. The molecule has 0 saturated carbocycles. The molecule has 1 N–H and O–H groups in total. The van der Waals surface area contributed by atoms with Crippen LogP contribution in [0.3, 0.4) is 0 Å². The van der Waals surface area contributed by atoms with Crippen molar-refractivity contribution in [2.24, 2.45) is 0 Å². The first-order valence-corrected chi connectivity index (χ1v) is 14.0. The molecule has 43 heavy (non-hydrogen) atoms. The highest BCUT2D eigenvalue weighted by atomic mass is 35.5. The van der Waals surface area contributed by atoms with Crippen molar-refractivity contribution in [3.8, 4) is 22.8 Å². The lowest BCUT2D eigenvalue weighted by molar-refractivity contribution is -0.141. The van der Waals surface area contributed by atoms with Gasteiger partial charge in [0.2, 0.25) is 5.88 Å². The summed E-state index contributed by atoms with van der Waals surface area (Å²) < 4.78 is 49.9. The van der Waals surface area contributed by atoms with Gasteiger partial charge in [0.15, 0.2) is 5.13 Å². The highest BCUT2D eigenvalue weighted by Crippen LogP contribution is 2.47. The van der Waals surface area contributed by atoms with Crippen molar-refractivity contribution in [1.29, 1.82) is 0 Å². The molecule has 0 aliphatic carbocycles. The number of methoxy groups -OCH3 is 2. The Morgan fingerprint density at radius 1 is 1.00 bits per heavy atom. The summed E-state index contributed by atoms with van der Waals surface area (Å²) in [5, 5.41) is 3.35. The van der Waals surface area contributed by atoms with Gasteiger partial charge in [-0.25, -0.2) is 15.0 Å². The number of nitrogens with zero attached hydrogens (tertiary/aromatic N) is 5. The first-order chi connectivity index (χ1) is 20.3. The minimum atomic E-state index is -4.69. The topological polar surface area (TPSA) is 119 Å². The number of thiazole rings is 1. The van der Waals surface area contributed by atoms with Gasteiger partial charge >= 0.3 is 6.18 Å². The number of rotatable bonds is 6. The summed E-state index contributed by atoms with van der Waals surface area (Å²) in [4.78, 5) is 45.6. The lowest BCUT2D eigenvalue weighted by atomic mass is 10.0. The van der Waals surface area contributed by atoms with E-state index in [-0.39, 0.29) is 16.3 Å². The summed E-state index contributed by atoms with van der Waals surface area (Å²) in [6.07, 6.45) is -1.77. The number of fused-ring (bicyclic) bond motifs is 1. The minimum absolute atomic E-state index is 0.107. The van der Waals surface area contributed by atoms with E-state index in [4.69, 9.17) is 21.1 Å². The lowest BCUT2D eigenvalue weighted by Gasteiger charge is -2.27. The van der Waals surface area contributed by atoms with Crippen molar-refractivity contribution in [2.75, 3.05) is 19.5 Å². The van der Waals surface area contributed by atoms with Gasteiger partial charge in [-0.05, 0) is 45.0 Å². The van der Waals surface area contributed by atoms with E-state index in [9.17, 15) is 22.8 Å². The molecule has 2 amide bonds. The smallest absolute Gasteiger partial charge is 0.433 e. The number of nitrogens with one attached hydrogen (secondary N) is 1. The van der Waals surface area contributed by atoms with E-state index in [1.165, 1.54) is 35.7 Å². The molecule has 5 heterocycles. The highest BCUT2D eigenvalue weighted by Gasteiger charge is 2.42. The number of halogens is 4. The van der Waals surface area contributed by atoms with E-state index >= 15 is 0 Å². The SMILES string of the molecule is COc1cnc(Cl)cc1-c1cc(C)ncc1C(=O)Nc1nc2c(s1)C(C)N(C(=O)c1ccc(C(F)(F)F)nc1OC)C2C. The Labute approximate surface area is 252 Å². The summed E-state index contributed by atoms with van der Waals surface area (Å²) in [6, 6.07) is 4.09. The maximum atomic E-state index is 13.5. The largest absolute Gasteiger partial charge is 0.494 e. The van der Waals surface area contributed by atoms with E-state index in [0.29, 0.717) is 33.4 Å². The van der Waals surface area contributed by atoms with E-state index in [1.807, 2.05) is 0 Å². The number of aryl methyl sites for hydroxylation is 1. The number of hydrogen-bond acceptors (Lipinski definition) is 9. The molecule has 0 saturated heterocycles. The third kappa shape index (κ3) is 5.59. The molecular weight excluding hydrogens is 609 g/mol. The second kappa shape index (κ2) is 11.4. The summed E-state index contributed by atoms with van der Waals surface area (Å²) in [6.45, 7) is 5.31. The van der Waals surface area contributed by atoms with Crippen molar-refractivity contribution in [3.05, 3.63) is 74.9 Å². The van der Waals surface area contributed by atoms with Crippen LogP contribution in [0, 0.1) is 6.92 Å². The van der Waals surface area contributed by atoms with Crippen LogP contribution in [-0.2, 0) is 6.18 Å². The molecule has 10 nitrogen and oxygen atoms in total. The number of alkyl halides is 3. The molecule has 4 aromatic rings.